The van der Waals surface area contributed by atoms with Gasteiger partial charge in [0, 0.05) is 24.7 Å². The molecule has 5 rings (SSSR count). The lowest BCUT2D eigenvalue weighted by molar-refractivity contribution is -0.120. The van der Waals surface area contributed by atoms with E-state index in [9.17, 15) is 13.2 Å². The molecule has 1 saturated heterocycles. The van der Waals surface area contributed by atoms with Crippen LogP contribution in [-0.4, -0.2) is 46.7 Å². The molecule has 2 aromatic carbocycles. The van der Waals surface area contributed by atoms with Gasteiger partial charge in [0.05, 0.1) is 16.5 Å². The Kier molecular flexibility index (Phi) is 6.63. The lowest BCUT2D eigenvalue weighted by Gasteiger charge is -2.31. The van der Waals surface area contributed by atoms with E-state index in [0.29, 0.717) is 31.4 Å². The maximum absolute atomic E-state index is 13.3. The molecule has 1 N–H and O–H groups in total. The molecule has 0 spiro atoms. The maximum Gasteiger partial charge on any atom is 0.243 e. The van der Waals surface area contributed by atoms with Crippen molar-refractivity contribution in [2.75, 3.05) is 18.4 Å². The molecule has 2 heterocycles. The van der Waals surface area contributed by atoms with Gasteiger partial charge in [-0.3, -0.25) is 4.79 Å². The van der Waals surface area contributed by atoms with Gasteiger partial charge in [-0.2, -0.15) is 4.31 Å². The van der Waals surface area contributed by atoms with Gasteiger partial charge in [0.25, 0.3) is 0 Å². The van der Waals surface area contributed by atoms with Gasteiger partial charge in [0.1, 0.15) is 5.52 Å². The van der Waals surface area contributed by atoms with Crippen molar-refractivity contribution in [1.82, 2.24) is 19.3 Å². The predicted octanol–water partition coefficient (Wildman–Crippen LogP) is 4.32. The SMILES string of the molecule is CCC(C)n1nnc2cc(S(=O)(=O)N3CCC(C(=O)Nc4cccc5c4CCCC5)CC3)ccc21. The zero-order valence-electron chi connectivity index (χ0n) is 20.4. The Bertz CT molecular complexity index is 1340. The molecule has 2 aliphatic rings. The fourth-order valence-corrected chi connectivity index (χ4v) is 6.71. The topological polar surface area (TPSA) is 97.2 Å². The molecule has 0 bridgehead atoms. The third kappa shape index (κ3) is 4.59. The average molecular weight is 496 g/mol. The summed E-state index contributed by atoms with van der Waals surface area (Å²) in [5, 5.41) is 11.5. The number of hydrogen-bond donors (Lipinski definition) is 1. The summed E-state index contributed by atoms with van der Waals surface area (Å²) in [7, 11) is -3.67. The van der Waals surface area contributed by atoms with Gasteiger partial charge in [-0.1, -0.05) is 24.3 Å². The second-order valence-corrected chi connectivity index (χ2v) is 11.7. The minimum atomic E-state index is -3.67. The number of carbonyl (C=O) groups is 1. The highest BCUT2D eigenvalue weighted by Crippen LogP contribution is 2.30. The van der Waals surface area contributed by atoms with Crippen LogP contribution in [0.1, 0.15) is 63.1 Å². The van der Waals surface area contributed by atoms with Crippen molar-refractivity contribution in [2.24, 2.45) is 5.92 Å². The fraction of sp³-hybridized carbons (Fsp3) is 0.500. The number of carbonyl (C=O) groups excluding carboxylic acids is 1. The molecule has 0 saturated carbocycles. The van der Waals surface area contributed by atoms with Gasteiger partial charge in [-0.25, -0.2) is 13.1 Å². The lowest BCUT2D eigenvalue weighted by atomic mass is 9.90. The van der Waals surface area contributed by atoms with E-state index in [1.54, 1.807) is 18.2 Å². The van der Waals surface area contributed by atoms with Crippen LogP contribution in [-0.2, 0) is 27.7 Å². The molecule has 0 radical (unpaired) electrons. The summed E-state index contributed by atoms with van der Waals surface area (Å²) < 4.78 is 30.0. The Labute approximate surface area is 206 Å². The van der Waals surface area contributed by atoms with Crippen molar-refractivity contribution >= 4 is 32.7 Å². The van der Waals surface area contributed by atoms with E-state index in [-0.39, 0.29) is 22.8 Å². The van der Waals surface area contributed by atoms with Crippen LogP contribution in [0.25, 0.3) is 11.0 Å². The number of sulfonamides is 1. The number of amides is 1. The normalized spacial score (nSPS) is 18.3. The number of aryl methyl sites for hydroxylation is 1. The molecule has 1 aliphatic heterocycles. The number of rotatable bonds is 6. The number of hydrogen-bond acceptors (Lipinski definition) is 5. The summed E-state index contributed by atoms with van der Waals surface area (Å²) in [6, 6.07) is 11.4. The molecule has 1 fully saturated rings. The minimum Gasteiger partial charge on any atom is -0.326 e. The van der Waals surface area contributed by atoms with Crippen molar-refractivity contribution in [1.29, 1.82) is 0 Å². The highest BCUT2D eigenvalue weighted by atomic mass is 32.2. The third-order valence-electron chi connectivity index (χ3n) is 7.57. The average Bonchev–Trinajstić information content (AvgIpc) is 3.32. The van der Waals surface area contributed by atoms with E-state index < -0.39 is 10.0 Å². The first-order chi connectivity index (χ1) is 16.9. The third-order valence-corrected chi connectivity index (χ3v) is 9.46. The van der Waals surface area contributed by atoms with E-state index in [4.69, 9.17) is 0 Å². The summed E-state index contributed by atoms with van der Waals surface area (Å²) in [6.45, 7) is 4.79. The fourth-order valence-electron chi connectivity index (χ4n) is 5.22. The van der Waals surface area contributed by atoms with Gasteiger partial charge in [0.2, 0.25) is 15.9 Å². The van der Waals surface area contributed by atoms with Gasteiger partial charge in [0.15, 0.2) is 0 Å². The molecule has 3 aromatic rings. The van der Waals surface area contributed by atoms with E-state index in [2.05, 4.69) is 35.5 Å². The number of nitrogens with zero attached hydrogens (tertiary/aromatic N) is 4. The van der Waals surface area contributed by atoms with Crippen LogP contribution in [0.15, 0.2) is 41.3 Å². The van der Waals surface area contributed by atoms with Crippen molar-refractivity contribution in [3.8, 4) is 0 Å². The summed E-state index contributed by atoms with van der Waals surface area (Å²) in [5.41, 5.74) is 4.91. The Morgan fingerprint density at radius 3 is 2.69 bits per heavy atom. The standard InChI is InChI=1S/C26H33N5O3S/c1-3-18(2)31-25-12-11-21(17-24(25)28-29-31)35(33,34)30-15-13-20(14-16-30)26(32)27-23-10-6-8-19-7-4-5-9-22(19)23/h6,8,10-12,17-18,20H,3-5,7,9,13-16H2,1-2H3,(H,27,32). The van der Waals surface area contributed by atoms with E-state index in [1.807, 2.05) is 16.8 Å². The number of benzene rings is 2. The zero-order valence-corrected chi connectivity index (χ0v) is 21.2. The van der Waals surface area contributed by atoms with Crippen molar-refractivity contribution in [2.45, 2.75) is 69.7 Å². The van der Waals surface area contributed by atoms with E-state index in [1.165, 1.54) is 21.9 Å². The quantitative estimate of drug-likeness (QED) is 0.549. The molecule has 1 atom stereocenters. The largest absolute Gasteiger partial charge is 0.326 e. The van der Waals surface area contributed by atoms with Crippen LogP contribution in [0.3, 0.4) is 0 Å². The summed E-state index contributed by atoms with van der Waals surface area (Å²) in [6.07, 6.45) is 6.33. The van der Waals surface area contributed by atoms with Crippen LogP contribution in [0.5, 0.6) is 0 Å². The predicted molar refractivity (Wildman–Crippen MR) is 136 cm³/mol. The molecule has 9 heteroatoms. The first-order valence-corrected chi connectivity index (χ1v) is 14.1. The summed E-state index contributed by atoms with van der Waals surface area (Å²) in [4.78, 5) is 13.2. The number of fused-ring (bicyclic) bond motifs is 2. The molecule has 8 nitrogen and oxygen atoms in total. The molecular formula is C26H33N5O3S. The Morgan fingerprint density at radius 1 is 1.14 bits per heavy atom. The molecule has 1 unspecified atom stereocenters. The van der Waals surface area contributed by atoms with Crippen LogP contribution in [0, 0.1) is 5.92 Å². The summed E-state index contributed by atoms with van der Waals surface area (Å²) >= 11 is 0. The Hall–Kier alpha value is -2.78. The van der Waals surface area contributed by atoms with Gasteiger partial charge < -0.3 is 5.32 Å². The highest BCUT2D eigenvalue weighted by Gasteiger charge is 2.33. The molecule has 1 aliphatic carbocycles. The maximum atomic E-state index is 13.3. The first kappa shape index (κ1) is 23.9. The molecule has 1 aromatic heterocycles. The number of anilines is 1. The zero-order chi connectivity index (χ0) is 24.6. The van der Waals surface area contributed by atoms with Crippen LogP contribution < -0.4 is 5.32 Å². The van der Waals surface area contributed by atoms with Crippen LogP contribution in [0.4, 0.5) is 5.69 Å². The molecule has 1 amide bonds. The highest BCUT2D eigenvalue weighted by molar-refractivity contribution is 7.89. The Morgan fingerprint density at radius 2 is 1.91 bits per heavy atom. The van der Waals surface area contributed by atoms with Crippen molar-refractivity contribution in [3.63, 3.8) is 0 Å². The first-order valence-electron chi connectivity index (χ1n) is 12.6. The minimum absolute atomic E-state index is 0.0101. The van der Waals surface area contributed by atoms with Crippen molar-refractivity contribution in [3.05, 3.63) is 47.5 Å². The lowest BCUT2D eigenvalue weighted by Crippen LogP contribution is -2.41. The number of nitrogens with one attached hydrogen (secondary N) is 1. The molecule has 35 heavy (non-hydrogen) atoms. The van der Waals surface area contributed by atoms with Crippen LogP contribution >= 0.6 is 0 Å². The molecular weight excluding hydrogens is 462 g/mol. The van der Waals surface area contributed by atoms with Crippen LogP contribution in [0.2, 0.25) is 0 Å². The second kappa shape index (κ2) is 9.70. The number of piperidine rings is 1. The molecule has 186 valence electrons. The van der Waals surface area contributed by atoms with Gasteiger partial charge >= 0.3 is 0 Å². The Balaban J connectivity index is 1.25. The smallest absolute Gasteiger partial charge is 0.243 e. The van der Waals surface area contributed by atoms with E-state index >= 15 is 0 Å². The van der Waals surface area contributed by atoms with Gasteiger partial charge in [-0.15, -0.1) is 5.10 Å². The number of aromatic nitrogens is 3. The summed E-state index contributed by atoms with van der Waals surface area (Å²) in [5.74, 6) is -0.206. The van der Waals surface area contributed by atoms with Crippen molar-refractivity contribution < 1.29 is 13.2 Å². The monoisotopic (exact) mass is 495 g/mol. The second-order valence-electron chi connectivity index (χ2n) is 9.76. The van der Waals surface area contributed by atoms with E-state index in [0.717, 1.165) is 36.9 Å². The van der Waals surface area contributed by atoms with Gasteiger partial charge in [-0.05, 0) is 87.3 Å².